The van der Waals surface area contributed by atoms with E-state index in [2.05, 4.69) is 15.5 Å². The molecule has 3 heterocycles. The predicted octanol–water partition coefficient (Wildman–Crippen LogP) is 4.33. The summed E-state index contributed by atoms with van der Waals surface area (Å²) < 4.78 is 42.9. The highest BCUT2D eigenvalue weighted by atomic mass is 19.4. The van der Waals surface area contributed by atoms with Crippen molar-refractivity contribution in [2.45, 2.75) is 53.3 Å². The Kier molecular flexibility index (Phi) is 5.12. The lowest BCUT2D eigenvalue weighted by molar-refractivity contribution is -0.142. The summed E-state index contributed by atoms with van der Waals surface area (Å²) >= 11 is 0. The van der Waals surface area contributed by atoms with Gasteiger partial charge in [-0.1, -0.05) is 25.9 Å². The summed E-state index contributed by atoms with van der Waals surface area (Å²) in [7, 11) is 0. The van der Waals surface area contributed by atoms with Gasteiger partial charge in [0.2, 0.25) is 5.91 Å². The van der Waals surface area contributed by atoms with Crippen LogP contribution in [0.15, 0.2) is 16.7 Å². The van der Waals surface area contributed by atoms with Crippen LogP contribution in [0.25, 0.3) is 0 Å². The summed E-state index contributed by atoms with van der Waals surface area (Å²) in [4.78, 5) is 18.7. The molecule has 0 aromatic carbocycles. The fourth-order valence-electron chi connectivity index (χ4n) is 3.11. The highest BCUT2D eigenvalue weighted by molar-refractivity contribution is 5.91. The first-order valence-electron chi connectivity index (χ1n) is 9.00. The molecular formula is C19H23F3N4O2. The van der Waals surface area contributed by atoms with Crippen LogP contribution in [0.3, 0.4) is 0 Å². The summed E-state index contributed by atoms with van der Waals surface area (Å²) in [6.07, 6.45) is -3.51. The number of rotatable bonds is 4. The van der Waals surface area contributed by atoms with Crippen LogP contribution < -0.4 is 10.2 Å². The second-order valence-electron chi connectivity index (χ2n) is 8.25. The van der Waals surface area contributed by atoms with Crippen molar-refractivity contribution in [1.29, 1.82) is 0 Å². The monoisotopic (exact) mass is 396 g/mol. The number of hydrogen-bond acceptors (Lipinski definition) is 5. The molecule has 6 nitrogen and oxygen atoms in total. The standard InChI is InChI=1S/C19H23F3N4O2/c1-11-7-14-13(23-17(11)24-16(27)9-18(2,3)4)5-6-26(14)10-12-8-15(25-28-12)19(20,21)22/h7-8H,5-6,9-10H2,1-4H3,(H,23,24,27). The van der Waals surface area contributed by atoms with Crippen LogP contribution in [0, 0.1) is 12.3 Å². The number of pyridine rings is 1. The Balaban J connectivity index is 1.74. The Morgan fingerprint density at radius 3 is 2.61 bits per heavy atom. The minimum absolute atomic E-state index is 0.0979. The second-order valence-corrected chi connectivity index (χ2v) is 8.25. The maximum Gasteiger partial charge on any atom is 0.436 e. The zero-order chi connectivity index (χ0) is 20.7. The van der Waals surface area contributed by atoms with E-state index in [0.29, 0.717) is 25.2 Å². The number of carbonyl (C=O) groups is 1. The van der Waals surface area contributed by atoms with Crippen molar-refractivity contribution in [1.82, 2.24) is 10.1 Å². The summed E-state index contributed by atoms with van der Waals surface area (Å²) in [5, 5.41) is 5.95. The van der Waals surface area contributed by atoms with E-state index in [-0.39, 0.29) is 23.6 Å². The van der Waals surface area contributed by atoms with Crippen LogP contribution in [0.4, 0.5) is 24.7 Å². The maximum absolute atomic E-state index is 12.7. The fourth-order valence-corrected chi connectivity index (χ4v) is 3.11. The van der Waals surface area contributed by atoms with Gasteiger partial charge >= 0.3 is 6.18 Å². The van der Waals surface area contributed by atoms with Crippen molar-refractivity contribution in [3.05, 3.63) is 34.8 Å². The molecule has 152 valence electrons. The van der Waals surface area contributed by atoms with E-state index in [0.717, 1.165) is 23.0 Å². The Morgan fingerprint density at radius 1 is 1.29 bits per heavy atom. The van der Waals surface area contributed by atoms with Gasteiger partial charge < -0.3 is 14.7 Å². The first-order valence-corrected chi connectivity index (χ1v) is 9.00. The van der Waals surface area contributed by atoms with Gasteiger partial charge in [0.05, 0.1) is 17.9 Å². The Bertz CT molecular complexity index is 884. The minimum Gasteiger partial charge on any atom is -0.362 e. The molecular weight excluding hydrogens is 373 g/mol. The van der Waals surface area contributed by atoms with E-state index < -0.39 is 11.9 Å². The number of carbonyl (C=O) groups excluding carboxylic acids is 1. The average Bonchev–Trinajstić information content (AvgIpc) is 3.14. The van der Waals surface area contributed by atoms with Crippen molar-refractivity contribution >= 4 is 17.4 Å². The SMILES string of the molecule is Cc1cc2c(nc1NC(=O)CC(C)(C)C)CCN2Cc1cc(C(F)(F)F)no1. The van der Waals surface area contributed by atoms with E-state index in [9.17, 15) is 18.0 Å². The number of nitrogens with zero attached hydrogens (tertiary/aromatic N) is 3. The second kappa shape index (κ2) is 7.10. The zero-order valence-corrected chi connectivity index (χ0v) is 16.3. The first-order chi connectivity index (χ1) is 12.9. The Labute approximate surface area is 161 Å². The van der Waals surface area contributed by atoms with Crippen molar-refractivity contribution in [2.24, 2.45) is 5.41 Å². The third-order valence-electron chi connectivity index (χ3n) is 4.37. The summed E-state index contributed by atoms with van der Waals surface area (Å²) in [5.41, 5.74) is 1.26. The number of alkyl halides is 3. The Hall–Kier alpha value is -2.58. The van der Waals surface area contributed by atoms with Crippen LogP contribution in [-0.2, 0) is 23.9 Å². The molecule has 0 aliphatic carbocycles. The maximum atomic E-state index is 12.7. The molecule has 9 heteroatoms. The van der Waals surface area contributed by atoms with Gasteiger partial charge in [-0.05, 0) is 24.0 Å². The number of anilines is 2. The lowest BCUT2D eigenvalue weighted by Crippen LogP contribution is -2.21. The first kappa shape index (κ1) is 20.2. The molecule has 1 N–H and O–H groups in total. The van der Waals surface area contributed by atoms with Crippen molar-refractivity contribution < 1.29 is 22.5 Å². The molecule has 0 unspecified atom stereocenters. The lowest BCUT2D eigenvalue weighted by Gasteiger charge is -2.20. The van der Waals surface area contributed by atoms with Gasteiger partial charge in [0.15, 0.2) is 11.5 Å². The number of hydrogen-bond donors (Lipinski definition) is 1. The largest absolute Gasteiger partial charge is 0.436 e. The van der Waals surface area contributed by atoms with Gasteiger partial charge in [-0.2, -0.15) is 13.2 Å². The smallest absolute Gasteiger partial charge is 0.362 e. The molecule has 1 aliphatic rings. The Morgan fingerprint density at radius 2 is 2.00 bits per heavy atom. The third-order valence-corrected chi connectivity index (χ3v) is 4.37. The molecule has 1 amide bonds. The van der Waals surface area contributed by atoms with Crippen LogP contribution in [0.5, 0.6) is 0 Å². The van der Waals surface area contributed by atoms with E-state index in [1.54, 1.807) is 0 Å². The van der Waals surface area contributed by atoms with Gasteiger partial charge in [-0.25, -0.2) is 4.98 Å². The molecule has 0 saturated heterocycles. The molecule has 2 aromatic heterocycles. The van der Waals surface area contributed by atoms with E-state index in [1.165, 1.54) is 0 Å². The van der Waals surface area contributed by atoms with Gasteiger partial charge in [-0.3, -0.25) is 4.79 Å². The topological polar surface area (TPSA) is 71.3 Å². The van der Waals surface area contributed by atoms with Crippen LogP contribution in [-0.4, -0.2) is 22.6 Å². The quantitative estimate of drug-likeness (QED) is 0.833. The van der Waals surface area contributed by atoms with Crippen LogP contribution >= 0.6 is 0 Å². The summed E-state index contributed by atoms with van der Waals surface area (Å²) in [6, 6.07) is 2.81. The number of aromatic nitrogens is 2. The van der Waals surface area contributed by atoms with Crippen LogP contribution in [0.1, 0.15) is 49.9 Å². The molecule has 0 atom stereocenters. The van der Waals surface area contributed by atoms with Gasteiger partial charge in [0.1, 0.15) is 5.82 Å². The molecule has 1 aliphatic heterocycles. The molecule has 28 heavy (non-hydrogen) atoms. The van der Waals surface area contributed by atoms with Crippen molar-refractivity contribution in [3.63, 3.8) is 0 Å². The normalized spacial score (nSPS) is 14.3. The van der Waals surface area contributed by atoms with E-state index in [1.807, 2.05) is 38.7 Å². The number of fused-ring (bicyclic) bond motifs is 1. The van der Waals surface area contributed by atoms with Gasteiger partial charge in [0.25, 0.3) is 0 Å². The highest BCUT2D eigenvalue weighted by Gasteiger charge is 2.35. The number of aryl methyl sites for hydroxylation is 1. The molecule has 0 radical (unpaired) electrons. The molecule has 3 rings (SSSR count). The average molecular weight is 396 g/mol. The molecule has 0 spiro atoms. The summed E-state index contributed by atoms with van der Waals surface area (Å²) in [6.45, 7) is 8.58. The molecule has 0 bridgehead atoms. The van der Waals surface area contributed by atoms with E-state index in [4.69, 9.17) is 4.52 Å². The molecule has 0 saturated carbocycles. The lowest BCUT2D eigenvalue weighted by atomic mass is 9.92. The van der Waals surface area contributed by atoms with Crippen molar-refractivity contribution in [3.8, 4) is 0 Å². The van der Waals surface area contributed by atoms with Crippen molar-refractivity contribution in [2.75, 3.05) is 16.8 Å². The fraction of sp³-hybridized carbons (Fsp3) is 0.526. The highest BCUT2D eigenvalue weighted by Crippen LogP contribution is 2.33. The number of amides is 1. The summed E-state index contributed by atoms with van der Waals surface area (Å²) in [5.74, 6) is 0.563. The molecule has 2 aromatic rings. The number of halogens is 3. The van der Waals surface area contributed by atoms with Crippen LogP contribution in [0.2, 0.25) is 0 Å². The van der Waals surface area contributed by atoms with E-state index >= 15 is 0 Å². The van der Waals surface area contributed by atoms with Gasteiger partial charge in [0, 0.05) is 25.5 Å². The zero-order valence-electron chi connectivity index (χ0n) is 16.3. The molecule has 0 fully saturated rings. The number of nitrogens with one attached hydrogen (secondary N) is 1. The predicted molar refractivity (Wildman–Crippen MR) is 97.9 cm³/mol. The van der Waals surface area contributed by atoms with Gasteiger partial charge in [-0.15, -0.1) is 0 Å². The minimum atomic E-state index is -4.52. The third kappa shape index (κ3) is 4.63.